The molecule has 0 bridgehead atoms. The number of nitrogens with one attached hydrogen (secondary N) is 1. The van der Waals surface area contributed by atoms with Gasteiger partial charge in [-0.05, 0) is 18.2 Å². The average Bonchev–Trinajstić information content (AvgIpc) is 2.45. The van der Waals surface area contributed by atoms with Gasteiger partial charge in [-0.2, -0.15) is 0 Å². The number of carbonyl (C=O) groups excluding carboxylic acids is 2. The molecule has 0 spiro atoms. The number of ether oxygens (including phenoxy) is 1. The topological polar surface area (TPSA) is 84.7 Å². The van der Waals surface area contributed by atoms with Gasteiger partial charge in [0.25, 0.3) is 5.91 Å². The fourth-order valence-corrected chi connectivity index (χ4v) is 1.89. The lowest BCUT2D eigenvalue weighted by Crippen LogP contribution is -2.37. The van der Waals surface area contributed by atoms with Crippen LogP contribution in [-0.4, -0.2) is 44.5 Å². The maximum Gasteiger partial charge on any atom is 0.253 e. The van der Waals surface area contributed by atoms with Crippen molar-refractivity contribution in [2.24, 2.45) is 5.92 Å². The molecule has 0 aliphatic rings. The molecule has 6 nitrogen and oxygen atoms in total. The Balaban J connectivity index is 2.81. The molecule has 0 radical (unpaired) electrons. The van der Waals surface area contributed by atoms with E-state index in [1.54, 1.807) is 39.2 Å². The van der Waals surface area contributed by atoms with E-state index in [9.17, 15) is 9.59 Å². The summed E-state index contributed by atoms with van der Waals surface area (Å²) < 4.78 is 5.09. The minimum absolute atomic E-state index is 0.0977. The fraction of sp³-hybridized carbons (Fsp3) is 0.429. The highest BCUT2D eigenvalue weighted by Gasteiger charge is 2.19. The van der Waals surface area contributed by atoms with Gasteiger partial charge in [0.05, 0.1) is 18.7 Å². The molecule has 0 aromatic heterocycles. The van der Waals surface area contributed by atoms with Crippen LogP contribution in [0.4, 0.5) is 5.69 Å². The quantitative estimate of drug-likeness (QED) is 0.778. The van der Waals surface area contributed by atoms with Crippen LogP contribution in [-0.2, 0) is 4.79 Å². The first-order valence-electron chi connectivity index (χ1n) is 6.31. The Bertz CT molecular complexity index is 502. The molecule has 6 heteroatoms. The zero-order valence-corrected chi connectivity index (χ0v) is 12.3. The molecule has 1 atom stereocenters. The van der Waals surface area contributed by atoms with Crippen LogP contribution in [0.5, 0.6) is 5.75 Å². The van der Waals surface area contributed by atoms with Gasteiger partial charge in [-0.1, -0.05) is 6.92 Å². The van der Waals surface area contributed by atoms with Crippen LogP contribution in [0.3, 0.4) is 0 Å². The molecule has 1 rings (SSSR count). The van der Waals surface area contributed by atoms with E-state index in [4.69, 9.17) is 10.5 Å². The highest BCUT2D eigenvalue weighted by atomic mass is 16.5. The Morgan fingerprint density at radius 3 is 2.65 bits per heavy atom. The molecule has 2 amide bonds. The second-order valence-electron chi connectivity index (χ2n) is 4.66. The van der Waals surface area contributed by atoms with Crippen LogP contribution in [0.2, 0.25) is 0 Å². The van der Waals surface area contributed by atoms with Crippen molar-refractivity contribution in [1.29, 1.82) is 0 Å². The molecule has 1 unspecified atom stereocenters. The van der Waals surface area contributed by atoms with Gasteiger partial charge in [0.1, 0.15) is 5.75 Å². The van der Waals surface area contributed by atoms with Crippen molar-refractivity contribution in [2.45, 2.75) is 6.92 Å². The van der Waals surface area contributed by atoms with E-state index in [0.29, 0.717) is 23.5 Å². The average molecular weight is 279 g/mol. The highest BCUT2D eigenvalue weighted by Crippen LogP contribution is 2.22. The van der Waals surface area contributed by atoms with Crippen LogP contribution in [0.25, 0.3) is 0 Å². The van der Waals surface area contributed by atoms with Crippen molar-refractivity contribution in [3.63, 3.8) is 0 Å². The number of anilines is 1. The summed E-state index contributed by atoms with van der Waals surface area (Å²) in [4.78, 5) is 25.2. The van der Waals surface area contributed by atoms with Crippen molar-refractivity contribution in [1.82, 2.24) is 10.2 Å². The molecule has 0 fully saturated rings. The standard InChI is InChI=1S/C14H21N3O3/c1-9(13(18)16-2)8-17(3)14(19)10-5-6-11(15)12(7-10)20-4/h5-7,9H,8,15H2,1-4H3,(H,16,18). The third-order valence-electron chi connectivity index (χ3n) is 3.07. The molecule has 1 aromatic carbocycles. The van der Waals surface area contributed by atoms with Gasteiger partial charge >= 0.3 is 0 Å². The summed E-state index contributed by atoms with van der Waals surface area (Å²) in [5.41, 5.74) is 6.66. The van der Waals surface area contributed by atoms with E-state index in [1.807, 2.05) is 0 Å². The minimum atomic E-state index is -0.273. The molecule has 0 saturated carbocycles. The lowest BCUT2D eigenvalue weighted by atomic mass is 10.1. The van der Waals surface area contributed by atoms with Gasteiger partial charge in [0.15, 0.2) is 0 Å². The number of nitrogens with zero attached hydrogens (tertiary/aromatic N) is 1. The Morgan fingerprint density at radius 1 is 1.45 bits per heavy atom. The molecule has 0 aliphatic heterocycles. The maximum absolute atomic E-state index is 12.3. The van der Waals surface area contributed by atoms with Crippen molar-refractivity contribution in [3.8, 4) is 5.75 Å². The Labute approximate surface area is 118 Å². The predicted molar refractivity (Wildman–Crippen MR) is 77.6 cm³/mol. The molecule has 0 aliphatic carbocycles. The summed E-state index contributed by atoms with van der Waals surface area (Å²) in [6.45, 7) is 2.11. The number of carbonyl (C=O) groups is 2. The number of amides is 2. The Morgan fingerprint density at radius 2 is 2.10 bits per heavy atom. The first kappa shape index (κ1) is 15.8. The summed E-state index contributed by atoms with van der Waals surface area (Å²) in [5, 5.41) is 2.56. The van der Waals surface area contributed by atoms with E-state index in [-0.39, 0.29) is 17.7 Å². The number of methoxy groups -OCH3 is 1. The fourth-order valence-electron chi connectivity index (χ4n) is 1.89. The zero-order valence-electron chi connectivity index (χ0n) is 12.3. The second-order valence-corrected chi connectivity index (χ2v) is 4.66. The molecular formula is C14H21N3O3. The maximum atomic E-state index is 12.3. The van der Waals surface area contributed by atoms with Crippen LogP contribution >= 0.6 is 0 Å². The summed E-state index contributed by atoms with van der Waals surface area (Å²) in [6, 6.07) is 4.86. The second kappa shape index (κ2) is 6.79. The number of benzene rings is 1. The van der Waals surface area contributed by atoms with E-state index in [1.165, 1.54) is 12.0 Å². The Hall–Kier alpha value is -2.24. The number of hydrogen-bond acceptors (Lipinski definition) is 4. The van der Waals surface area contributed by atoms with E-state index >= 15 is 0 Å². The van der Waals surface area contributed by atoms with Crippen LogP contribution in [0, 0.1) is 5.92 Å². The van der Waals surface area contributed by atoms with Crippen molar-refractivity contribution in [3.05, 3.63) is 23.8 Å². The number of nitrogen functional groups attached to an aromatic ring is 1. The van der Waals surface area contributed by atoms with E-state index in [2.05, 4.69) is 5.32 Å². The van der Waals surface area contributed by atoms with Crippen LogP contribution < -0.4 is 15.8 Å². The van der Waals surface area contributed by atoms with Gasteiger partial charge in [-0.25, -0.2) is 0 Å². The van der Waals surface area contributed by atoms with E-state index in [0.717, 1.165) is 0 Å². The minimum Gasteiger partial charge on any atom is -0.495 e. The largest absolute Gasteiger partial charge is 0.495 e. The lowest BCUT2D eigenvalue weighted by Gasteiger charge is -2.21. The van der Waals surface area contributed by atoms with Crippen molar-refractivity contribution in [2.75, 3.05) is 33.5 Å². The summed E-state index contributed by atoms with van der Waals surface area (Å²) in [6.07, 6.45) is 0. The van der Waals surface area contributed by atoms with Gasteiger partial charge < -0.3 is 20.7 Å². The number of hydrogen-bond donors (Lipinski definition) is 2. The SMILES string of the molecule is CNC(=O)C(C)CN(C)C(=O)c1ccc(N)c(OC)c1. The number of rotatable bonds is 5. The summed E-state index contributed by atoms with van der Waals surface area (Å²) >= 11 is 0. The van der Waals surface area contributed by atoms with Gasteiger partial charge in [0, 0.05) is 26.2 Å². The van der Waals surface area contributed by atoms with Gasteiger partial charge in [0.2, 0.25) is 5.91 Å². The highest BCUT2D eigenvalue weighted by molar-refractivity contribution is 5.95. The lowest BCUT2D eigenvalue weighted by molar-refractivity contribution is -0.124. The first-order valence-corrected chi connectivity index (χ1v) is 6.31. The molecule has 1 aromatic rings. The molecule has 0 heterocycles. The third-order valence-corrected chi connectivity index (χ3v) is 3.07. The first-order chi connectivity index (χ1) is 9.40. The zero-order chi connectivity index (χ0) is 15.3. The monoisotopic (exact) mass is 279 g/mol. The summed E-state index contributed by atoms with van der Waals surface area (Å²) in [5.74, 6) is -0.0909. The van der Waals surface area contributed by atoms with Crippen molar-refractivity contribution >= 4 is 17.5 Å². The van der Waals surface area contributed by atoms with Gasteiger partial charge in [-0.15, -0.1) is 0 Å². The predicted octanol–water partition coefficient (Wildman–Crippen LogP) is 0.732. The molecule has 0 saturated heterocycles. The third kappa shape index (κ3) is 3.63. The Kier molecular flexibility index (Phi) is 5.37. The smallest absolute Gasteiger partial charge is 0.253 e. The van der Waals surface area contributed by atoms with Crippen LogP contribution in [0.1, 0.15) is 17.3 Å². The number of nitrogens with two attached hydrogens (primary N) is 1. The molecule has 3 N–H and O–H groups in total. The molecule has 110 valence electrons. The normalized spacial score (nSPS) is 11.6. The van der Waals surface area contributed by atoms with Gasteiger partial charge in [-0.3, -0.25) is 9.59 Å². The molecular weight excluding hydrogens is 258 g/mol. The summed E-state index contributed by atoms with van der Waals surface area (Å²) in [7, 11) is 4.73. The molecule has 20 heavy (non-hydrogen) atoms. The van der Waals surface area contributed by atoms with Crippen LogP contribution in [0.15, 0.2) is 18.2 Å². The van der Waals surface area contributed by atoms with E-state index < -0.39 is 0 Å². The van der Waals surface area contributed by atoms with Crippen molar-refractivity contribution < 1.29 is 14.3 Å².